The van der Waals surface area contributed by atoms with Crippen LogP contribution in [0.25, 0.3) is 0 Å². The summed E-state index contributed by atoms with van der Waals surface area (Å²) in [5, 5.41) is 0. The van der Waals surface area contributed by atoms with E-state index >= 15 is 0 Å². The van der Waals surface area contributed by atoms with Crippen LogP contribution in [0.5, 0.6) is 0 Å². The molecule has 0 atom stereocenters. The molecule has 0 aromatic carbocycles. The number of halogens is 2. The number of sulfonamides is 1. The van der Waals surface area contributed by atoms with Crippen molar-refractivity contribution in [3.8, 4) is 0 Å². The third kappa shape index (κ3) is 29.7. The minimum atomic E-state index is -4.24. The van der Waals surface area contributed by atoms with Gasteiger partial charge in [0.15, 0.2) is 0 Å². The van der Waals surface area contributed by atoms with E-state index in [4.69, 9.17) is 0 Å². The van der Waals surface area contributed by atoms with Gasteiger partial charge in [0.25, 0.3) is 10.0 Å². The number of rotatable bonds is 29. The summed E-state index contributed by atoms with van der Waals surface area (Å²) in [5.41, 5.74) is 0. The first kappa shape index (κ1) is 42.3. The zero-order chi connectivity index (χ0) is 30.4. The van der Waals surface area contributed by atoms with E-state index in [1.807, 2.05) is 0 Å². The van der Waals surface area contributed by atoms with Gasteiger partial charge in [0.1, 0.15) is 4.75 Å². The molecule has 0 radical (unpaired) electrons. The number of unbranched alkanes of at least 4 members (excludes halogenated alkanes) is 20. The second kappa shape index (κ2) is 30.7. The molecule has 0 aromatic heterocycles. The lowest BCUT2D eigenvalue weighted by atomic mass is 10.1. The summed E-state index contributed by atoms with van der Waals surface area (Å²) in [7, 11) is -4.96. The van der Waals surface area contributed by atoms with E-state index < -0.39 is 22.0 Å². The Morgan fingerprint density at radius 3 is 0.775 bits per heavy atom. The van der Waals surface area contributed by atoms with Crippen molar-refractivity contribution in [1.82, 2.24) is 4.75 Å². The van der Waals surface area contributed by atoms with Crippen molar-refractivity contribution in [2.75, 3.05) is 30.9 Å². The van der Waals surface area contributed by atoms with E-state index in [-0.39, 0.29) is 0 Å². The molecule has 3 nitrogen and oxygen atoms in total. The highest BCUT2D eigenvalue weighted by molar-refractivity contribution is 7.88. The van der Waals surface area contributed by atoms with Crippen LogP contribution in [-0.4, -0.2) is 44.1 Å². The first-order valence-electron chi connectivity index (χ1n) is 17.4. The molecule has 0 heterocycles. The average Bonchev–Trinajstić information content (AvgIpc) is 2.92. The van der Waals surface area contributed by atoms with Crippen LogP contribution in [0.15, 0.2) is 0 Å². The zero-order valence-electron chi connectivity index (χ0n) is 27.7. The molecule has 0 aliphatic rings. The van der Waals surface area contributed by atoms with Crippen molar-refractivity contribution in [1.29, 1.82) is 0 Å². The van der Waals surface area contributed by atoms with Crippen LogP contribution in [0.2, 0.25) is 0 Å². The van der Waals surface area contributed by atoms with Crippen molar-refractivity contribution < 1.29 is 17.4 Å². The van der Waals surface area contributed by atoms with E-state index in [1.54, 1.807) is 50.3 Å². The van der Waals surface area contributed by atoms with Crippen LogP contribution in [0.1, 0.15) is 182 Å². The molecule has 244 valence electrons. The van der Waals surface area contributed by atoms with Crippen molar-refractivity contribution in [3.63, 3.8) is 0 Å². The molecule has 0 spiro atoms. The van der Waals surface area contributed by atoms with E-state index in [0.29, 0.717) is 6.26 Å². The highest BCUT2D eigenvalue weighted by Crippen LogP contribution is 2.61. The molecular weight excluding hydrogens is 543 g/mol. The van der Waals surface area contributed by atoms with Crippen LogP contribution in [0, 0.1) is 0 Å². The summed E-state index contributed by atoms with van der Waals surface area (Å²) in [6.45, 7) is 9.38. The van der Waals surface area contributed by atoms with Gasteiger partial charge in [0, 0.05) is 7.26 Å². The van der Waals surface area contributed by atoms with E-state index in [2.05, 4.69) is 27.7 Å². The minimum absolute atomic E-state index is 0.410. The van der Waals surface area contributed by atoms with Crippen LogP contribution in [0.4, 0.5) is 8.96 Å². The number of nitrogens with zero attached hydrogens (tertiary/aromatic N) is 1. The Balaban J connectivity index is 0. The smallest absolute Gasteiger partial charge is 0.208 e. The minimum Gasteiger partial charge on any atom is -0.208 e. The molecule has 0 unspecified atom stereocenters. The quantitative estimate of drug-likeness (QED) is 0.0477. The van der Waals surface area contributed by atoms with Gasteiger partial charge in [-0.25, -0.2) is 8.42 Å². The molecule has 0 amide bonds. The number of hydrogen-bond acceptors (Lipinski definition) is 2. The third-order valence-electron chi connectivity index (χ3n) is 8.19. The Morgan fingerprint density at radius 1 is 0.425 bits per heavy atom. The van der Waals surface area contributed by atoms with Crippen molar-refractivity contribution in [2.45, 2.75) is 182 Å². The molecule has 0 fully saturated rings. The van der Waals surface area contributed by atoms with Crippen LogP contribution >= 0.6 is 7.26 Å². The molecule has 0 aliphatic carbocycles. The van der Waals surface area contributed by atoms with Crippen molar-refractivity contribution in [3.05, 3.63) is 0 Å². The fourth-order valence-electron chi connectivity index (χ4n) is 5.58. The lowest BCUT2D eigenvalue weighted by molar-refractivity contribution is -0.0529. The van der Waals surface area contributed by atoms with Gasteiger partial charge in [-0.15, -0.1) is 0 Å². The molecule has 0 aromatic rings. The summed E-state index contributed by atoms with van der Waals surface area (Å²) < 4.78 is 38.7. The van der Waals surface area contributed by atoms with E-state index in [9.17, 15) is 17.4 Å². The first-order valence-corrected chi connectivity index (χ1v) is 21.7. The lowest BCUT2D eigenvalue weighted by Crippen LogP contribution is -2.13. The third-order valence-corrected chi connectivity index (χ3v) is 13.8. The Labute approximate surface area is 251 Å². The maximum atomic E-state index is 10.8. The maximum Gasteiger partial charge on any atom is 0.265 e. The second-order valence-corrected chi connectivity index (χ2v) is 18.5. The largest absolute Gasteiger partial charge is 0.265 e. The van der Waals surface area contributed by atoms with Gasteiger partial charge in [-0.3, -0.25) is 0 Å². The summed E-state index contributed by atoms with van der Waals surface area (Å²) >= 11 is 0. The normalized spacial score (nSPS) is 12.1. The Morgan fingerprint density at radius 2 is 0.600 bits per heavy atom. The highest BCUT2D eigenvalue weighted by atomic mass is 32.2. The molecule has 7 heteroatoms. The predicted octanol–water partition coefficient (Wildman–Crippen LogP) is 12.5. The molecule has 40 heavy (non-hydrogen) atoms. The maximum absolute atomic E-state index is 10.8. The van der Waals surface area contributed by atoms with Gasteiger partial charge >= 0.3 is 0 Å². The topological polar surface area (TPSA) is 37.4 Å². The van der Waals surface area contributed by atoms with Gasteiger partial charge in [-0.2, -0.15) is 0 Å². The SMILES string of the molecule is CCCCCCCC[P+](CCCCCCCC)(CCCCCCCC)CCCCCCCC.CS(=O)(=O)N(F)F. The van der Waals surface area contributed by atoms with Crippen molar-refractivity contribution >= 4 is 17.3 Å². The second-order valence-electron chi connectivity index (χ2n) is 12.2. The molecule has 0 rings (SSSR count). The van der Waals surface area contributed by atoms with Crippen LogP contribution in [0.3, 0.4) is 0 Å². The summed E-state index contributed by atoms with van der Waals surface area (Å²) in [5.74, 6) is 0. The zero-order valence-corrected chi connectivity index (χ0v) is 29.4. The Bertz CT molecular complexity index is 536. The molecule has 0 saturated heterocycles. The van der Waals surface area contributed by atoms with Gasteiger partial charge in [-0.1, -0.05) is 139 Å². The van der Waals surface area contributed by atoms with Gasteiger partial charge in [-0.05, 0) is 51.4 Å². The highest BCUT2D eigenvalue weighted by Gasteiger charge is 2.34. The first-order chi connectivity index (χ1) is 19.2. The van der Waals surface area contributed by atoms with Crippen LogP contribution in [-0.2, 0) is 10.0 Å². The van der Waals surface area contributed by atoms with Crippen LogP contribution < -0.4 is 0 Å². The Hall–Kier alpha value is 0.200. The molecule has 0 saturated carbocycles. The summed E-state index contributed by atoms with van der Waals surface area (Å²) in [4.78, 5) is 0. The molecule has 0 aliphatic heterocycles. The lowest BCUT2D eigenvalue weighted by Gasteiger charge is -2.28. The van der Waals surface area contributed by atoms with Crippen molar-refractivity contribution in [2.24, 2.45) is 0 Å². The summed E-state index contributed by atoms with van der Waals surface area (Å²) in [6.07, 6.45) is 42.6. The van der Waals surface area contributed by atoms with E-state index in [1.165, 1.54) is 128 Å². The van der Waals surface area contributed by atoms with Gasteiger partial charge in [0.2, 0.25) is 0 Å². The van der Waals surface area contributed by atoms with Gasteiger partial charge in [0.05, 0.1) is 30.9 Å². The average molecular weight is 615 g/mol. The molecule has 0 bridgehead atoms. The molecule has 0 N–H and O–H groups in total. The summed E-state index contributed by atoms with van der Waals surface area (Å²) in [6, 6.07) is 0. The van der Waals surface area contributed by atoms with Gasteiger partial charge < -0.3 is 0 Å². The fraction of sp³-hybridized carbons (Fsp3) is 1.00. The Kier molecular flexibility index (Phi) is 32.4. The number of hydrogen-bond donors (Lipinski definition) is 0. The monoisotopic (exact) mass is 614 g/mol. The molecular formula is C33H71F2NO2PS+. The standard InChI is InChI=1S/C32H68P.CH3F2NO2S/c1-5-9-13-17-21-25-29-33(30-26-22-18-14-10-6-2,31-27-23-19-15-11-7-3)32-28-24-20-16-12-8-4;1-7(5,6)4(2)3/h5-32H2,1-4H3;1H3/q+1;. The predicted molar refractivity (Wildman–Crippen MR) is 179 cm³/mol. The fourth-order valence-corrected chi connectivity index (χ4v) is 10.5. The van der Waals surface area contributed by atoms with E-state index in [0.717, 1.165) is 0 Å².